The number of hydrogen-bond donors (Lipinski definition) is 0. The minimum Gasteiger partial charge on any atom is -0.309 e. The molecule has 0 saturated carbocycles. The summed E-state index contributed by atoms with van der Waals surface area (Å²) in [6.45, 7) is 0. The number of aromatic nitrogens is 2. The Hall–Kier alpha value is -10.2. The summed E-state index contributed by atoms with van der Waals surface area (Å²) in [4.78, 5) is 5.41. The standard InChI is InChI=1S/C75H50N2/c1-2-15-51(16-3-1)59-19-10-22-62(45-59)63-23-11-20-60(46-63)52-37-41-57(42-38-52)72-49-66(50-73(76-72)58-43-39-53(40-44-58)61-21-12-25-65(47-61)69-30-14-18-56-17-4-5-27-68(56)69)55-35-33-54(34-36-55)64-24-13-26-67(48-64)77-74-31-8-6-28-70(74)71-29-7-9-32-75(71)77/h1-50H. The summed E-state index contributed by atoms with van der Waals surface area (Å²) in [6, 6.07) is 110. The summed E-state index contributed by atoms with van der Waals surface area (Å²) < 4.78 is 2.38. The molecule has 0 fully saturated rings. The van der Waals surface area contributed by atoms with Crippen LogP contribution < -0.4 is 0 Å². The number of pyridine rings is 1. The molecule has 77 heavy (non-hydrogen) atoms. The smallest absolute Gasteiger partial charge is 0.0715 e. The molecule has 0 saturated heterocycles. The molecule has 2 aromatic heterocycles. The zero-order valence-electron chi connectivity index (χ0n) is 42.3. The van der Waals surface area contributed by atoms with Crippen LogP contribution >= 0.6 is 0 Å². The summed E-state index contributed by atoms with van der Waals surface area (Å²) >= 11 is 0. The molecule has 12 aromatic carbocycles. The molecule has 2 heteroatoms. The van der Waals surface area contributed by atoms with Crippen LogP contribution in [-0.4, -0.2) is 9.55 Å². The van der Waals surface area contributed by atoms with Gasteiger partial charge in [0.2, 0.25) is 0 Å². The van der Waals surface area contributed by atoms with Crippen LogP contribution in [0.4, 0.5) is 0 Å². The number of para-hydroxylation sites is 2. The van der Waals surface area contributed by atoms with Crippen molar-refractivity contribution in [2.24, 2.45) is 0 Å². The van der Waals surface area contributed by atoms with Crippen molar-refractivity contribution in [2.45, 2.75) is 0 Å². The lowest BCUT2D eigenvalue weighted by Crippen LogP contribution is -1.94. The van der Waals surface area contributed by atoms with Gasteiger partial charge in [0.15, 0.2) is 0 Å². The van der Waals surface area contributed by atoms with E-state index in [0.717, 1.165) is 56.0 Å². The van der Waals surface area contributed by atoms with Gasteiger partial charge in [-0.05, 0) is 143 Å². The van der Waals surface area contributed by atoms with Gasteiger partial charge in [0, 0.05) is 27.6 Å². The fraction of sp³-hybridized carbons (Fsp3) is 0. The van der Waals surface area contributed by atoms with Crippen molar-refractivity contribution >= 4 is 32.6 Å². The molecule has 360 valence electrons. The van der Waals surface area contributed by atoms with Crippen LogP contribution in [0.1, 0.15) is 0 Å². The van der Waals surface area contributed by atoms with Crippen LogP contribution in [0.15, 0.2) is 303 Å². The van der Waals surface area contributed by atoms with Gasteiger partial charge in [-0.25, -0.2) is 4.98 Å². The molecule has 0 bridgehead atoms. The maximum absolute atomic E-state index is 5.41. The molecule has 0 aliphatic carbocycles. The van der Waals surface area contributed by atoms with E-state index in [9.17, 15) is 0 Å². The summed E-state index contributed by atoms with van der Waals surface area (Å²) in [5, 5.41) is 5.02. The van der Waals surface area contributed by atoms with Gasteiger partial charge in [-0.3, -0.25) is 0 Å². The molecule has 2 heterocycles. The van der Waals surface area contributed by atoms with Crippen molar-refractivity contribution in [3.8, 4) is 106 Å². The van der Waals surface area contributed by atoms with Crippen LogP contribution in [-0.2, 0) is 0 Å². The molecule has 14 rings (SSSR count). The maximum atomic E-state index is 5.41. The highest BCUT2D eigenvalue weighted by Gasteiger charge is 2.15. The molecule has 0 N–H and O–H groups in total. The van der Waals surface area contributed by atoms with E-state index in [4.69, 9.17) is 4.98 Å². The van der Waals surface area contributed by atoms with Crippen molar-refractivity contribution in [2.75, 3.05) is 0 Å². The van der Waals surface area contributed by atoms with Crippen molar-refractivity contribution in [3.05, 3.63) is 303 Å². The van der Waals surface area contributed by atoms with Crippen LogP contribution in [0.5, 0.6) is 0 Å². The summed E-state index contributed by atoms with van der Waals surface area (Å²) in [5.74, 6) is 0. The van der Waals surface area contributed by atoms with Crippen LogP contribution in [0, 0.1) is 0 Å². The Morgan fingerprint density at radius 3 is 1.10 bits per heavy atom. The zero-order valence-corrected chi connectivity index (χ0v) is 42.3. The van der Waals surface area contributed by atoms with E-state index in [1.807, 2.05) is 0 Å². The normalized spacial score (nSPS) is 11.4. The van der Waals surface area contributed by atoms with Gasteiger partial charge in [-0.1, -0.05) is 249 Å². The average molecular weight is 979 g/mol. The van der Waals surface area contributed by atoms with E-state index < -0.39 is 0 Å². The highest BCUT2D eigenvalue weighted by Crippen LogP contribution is 2.38. The van der Waals surface area contributed by atoms with Crippen LogP contribution in [0.3, 0.4) is 0 Å². The second kappa shape index (κ2) is 19.6. The molecule has 0 amide bonds. The topological polar surface area (TPSA) is 17.8 Å². The predicted molar refractivity (Wildman–Crippen MR) is 325 cm³/mol. The molecular formula is C75H50N2. The number of nitrogens with zero attached hydrogens (tertiary/aromatic N) is 2. The van der Waals surface area contributed by atoms with Crippen molar-refractivity contribution in [1.82, 2.24) is 9.55 Å². The van der Waals surface area contributed by atoms with Gasteiger partial charge < -0.3 is 4.57 Å². The fourth-order valence-corrected chi connectivity index (χ4v) is 11.3. The summed E-state index contributed by atoms with van der Waals surface area (Å²) in [5.41, 5.74) is 24.0. The van der Waals surface area contributed by atoms with Gasteiger partial charge >= 0.3 is 0 Å². The monoisotopic (exact) mass is 978 g/mol. The molecule has 0 atom stereocenters. The Morgan fingerprint density at radius 1 is 0.208 bits per heavy atom. The van der Waals surface area contributed by atoms with Gasteiger partial charge in [0.25, 0.3) is 0 Å². The maximum Gasteiger partial charge on any atom is 0.0715 e. The van der Waals surface area contributed by atoms with E-state index in [1.54, 1.807) is 0 Å². The van der Waals surface area contributed by atoms with E-state index in [2.05, 4.69) is 308 Å². The number of benzene rings is 12. The number of rotatable bonds is 10. The third-order valence-electron chi connectivity index (χ3n) is 15.2. The second-order valence-electron chi connectivity index (χ2n) is 19.9. The van der Waals surface area contributed by atoms with E-state index >= 15 is 0 Å². The molecule has 0 aliphatic rings. The third kappa shape index (κ3) is 8.78. The average Bonchev–Trinajstić information content (AvgIpc) is 3.93. The molecular weight excluding hydrogens is 929 g/mol. The first-order valence-electron chi connectivity index (χ1n) is 26.4. The summed E-state index contributed by atoms with van der Waals surface area (Å²) in [6.07, 6.45) is 0. The van der Waals surface area contributed by atoms with Gasteiger partial charge in [-0.2, -0.15) is 0 Å². The van der Waals surface area contributed by atoms with Gasteiger partial charge in [0.05, 0.1) is 22.4 Å². The molecule has 14 aromatic rings. The Morgan fingerprint density at radius 2 is 0.558 bits per heavy atom. The first kappa shape index (κ1) is 45.5. The van der Waals surface area contributed by atoms with Crippen LogP contribution in [0.25, 0.3) is 139 Å². The molecule has 0 aliphatic heterocycles. The van der Waals surface area contributed by atoms with E-state index in [0.29, 0.717) is 0 Å². The largest absolute Gasteiger partial charge is 0.309 e. The molecule has 0 radical (unpaired) electrons. The molecule has 0 spiro atoms. The van der Waals surface area contributed by atoms with Crippen molar-refractivity contribution < 1.29 is 0 Å². The second-order valence-corrected chi connectivity index (χ2v) is 19.9. The molecule has 2 nitrogen and oxygen atoms in total. The Kier molecular flexibility index (Phi) is 11.6. The summed E-state index contributed by atoms with van der Waals surface area (Å²) in [7, 11) is 0. The lowest BCUT2D eigenvalue weighted by atomic mass is 9.94. The van der Waals surface area contributed by atoms with Gasteiger partial charge in [0.1, 0.15) is 0 Å². The minimum absolute atomic E-state index is 0.922. The first-order chi connectivity index (χ1) is 38.1. The van der Waals surface area contributed by atoms with Gasteiger partial charge in [-0.15, -0.1) is 0 Å². The zero-order chi connectivity index (χ0) is 51.1. The SMILES string of the molecule is c1ccc(-c2cccc(-c3cccc(-c4ccc(-c5cc(-c6ccc(-c7cccc(-n8c9ccccc9c9ccccc98)c7)cc6)cc(-c6ccc(-c7cccc(-c8cccc9ccccc89)c7)cc6)n5)cc4)c3)c2)cc1. The van der Waals surface area contributed by atoms with E-state index in [1.165, 1.54) is 82.6 Å². The van der Waals surface area contributed by atoms with Crippen molar-refractivity contribution in [1.29, 1.82) is 0 Å². The predicted octanol–water partition coefficient (Wildman–Crippen LogP) is 20.3. The van der Waals surface area contributed by atoms with E-state index in [-0.39, 0.29) is 0 Å². The Labute approximate surface area is 449 Å². The van der Waals surface area contributed by atoms with Crippen LogP contribution in [0.2, 0.25) is 0 Å². The third-order valence-corrected chi connectivity index (χ3v) is 15.2. The van der Waals surface area contributed by atoms with Crippen molar-refractivity contribution in [3.63, 3.8) is 0 Å². The highest BCUT2D eigenvalue weighted by molar-refractivity contribution is 6.09. The number of fused-ring (bicyclic) bond motifs is 4. The quantitative estimate of drug-likeness (QED) is 0.134. The highest BCUT2D eigenvalue weighted by atomic mass is 15.0. The number of hydrogen-bond acceptors (Lipinski definition) is 1. The fourth-order valence-electron chi connectivity index (χ4n) is 11.3. The lowest BCUT2D eigenvalue weighted by molar-refractivity contribution is 1.18. The lowest BCUT2D eigenvalue weighted by Gasteiger charge is -2.13. The Balaban J connectivity index is 0.806. The first-order valence-corrected chi connectivity index (χ1v) is 26.4. The molecule has 0 unspecified atom stereocenters. The Bertz CT molecular complexity index is 4410. The minimum atomic E-state index is 0.922.